The second-order valence-corrected chi connectivity index (χ2v) is 13.7. The number of aryl methyl sites for hydroxylation is 1. The molecule has 228 valence electrons. The molecule has 0 atom stereocenters. The van der Waals surface area contributed by atoms with Gasteiger partial charge in [0.2, 0.25) is 5.69 Å². The first-order valence-electron chi connectivity index (χ1n) is 14.8. The summed E-state index contributed by atoms with van der Waals surface area (Å²) in [4.78, 5) is 13.2. The van der Waals surface area contributed by atoms with E-state index >= 15 is 0 Å². The van der Waals surface area contributed by atoms with Crippen LogP contribution in [0.1, 0.15) is 70.6 Å². The Morgan fingerprint density at radius 1 is 0.930 bits per heavy atom. The molecule has 0 spiro atoms. The van der Waals surface area contributed by atoms with Crippen molar-refractivity contribution in [3.8, 4) is 0 Å². The minimum absolute atomic E-state index is 0.0891. The van der Waals surface area contributed by atoms with Crippen LogP contribution in [0.15, 0.2) is 89.5 Å². The molecule has 7 nitrogen and oxygen atoms in total. The molecule has 0 fully saturated rings. The predicted molar refractivity (Wildman–Crippen MR) is 173 cm³/mol. The minimum Gasteiger partial charge on any atom is -0.481 e. The predicted octanol–water partition coefficient (Wildman–Crippen LogP) is 7.24. The third-order valence-corrected chi connectivity index (χ3v) is 9.35. The van der Waals surface area contributed by atoms with E-state index in [1.807, 2.05) is 44.2 Å². The fourth-order valence-corrected chi connectivity index (χ4v) is 6.72. The molecule has 2 aromatic carbocycles. The van der Waals surface area contributed by atoms with Crippen LogP contribution in [0.2, 0.25) is 0 Å². The highest BCUT2D eigenvalue weighted by Crippen LogP contribution is 2.48. The highest BCUT2D eigenvalue weighted by Gasteiger charge is 2.44. The van der Waals surface area contributed by atoms with Crippen LogP contribution >= 0.6 is 0 Å². The van der Waals surface area contributed by atoms with Gasteiger partial charge < -0.3 is 10.0 Å². The van der Waals surface area contributed by atoms with Crippen LogP contribution in [-0.2, 0) is 25.7 Å². The molecule has 2 aliphatic heterocycles. The molecule has 0 aliphatic carbocycles. The van der Waals surface area contributed by atoms with Gasteiger partial charge in [-0.15, -0.1) is 0 Å². The lowest BCUT2D eigenvalue weighted by molar-refractivity contribution is -0.438. The molecule has 0 bridgehead atoms. The van der Waals surface area contributed by atoms with Gasteiger partial charge in [0.25, 0.3) is 10.1 Å². The Bertz CT molecular complexity index is 1670. The zero-order valence-corrected chi connectivity index (χ0v) is 26.8. The third-order valence-electron chi connectivity index (χ3n) is 8.50. The van der Waals surface area contributed by atoms with Crippen LogP contribution in [0.25, 0.3) is 0 Å². The highest BCUT2D eigenvalue weighted by atomic mass is 32.2. The van der Waals surface area contributed by atoms with Crippen LogP contribution in [0, 0.1) is 6.92 Å². The number of hydrogen-bond donors (Lipinski definition) is 2. The van der Waals surface area contributed by atoms with Crippen molar-refractivity contribution in [1.82, 2.24) is 0 Å². The van der Waals surface area contributed by atoms with E-state index in [4.69, 9.17) is 5.11 Å². The van der Waals surface area contributed by atoms with E-state index in [0.717, 1.165) is 23.5 Å². The van der Waals surface area contributed by atoms with Crippen LogP contribution in [0.4, 0.5) is 11.4 Å². The summed E-state index contributed by atoms with van der Waals surface area (Å²) in [6, 6.07) is 11.3. The third kappa shape index (κ3) is 6.60. The average Bonchev–Trinajstić information content (AvgIpc) is 3.27. The van der Waals surface area contributed by atoms with E-state index in [-0.39, 0.29) is 16.7 Å². The van der Waals surface area contributed by atoms with Crippen molar-refractivity contribution in [2.24, 2.45) is 0 Å². The molecule has 2 N–H and O–H groups in total. The summed E-state index contributed by atoms with van der Waals surface area (Å²) < 4.78 is 35.5. The topological polar surface area (TPSA) is 97.9 Å². The van der Waals surface area contributed by atoms with Gasteiger partial charge in [0.1, 0.15) is 6.54 Å². The van der Waals surface area contributed by atoms with Crippen LogP contribution < -0.4 is 4.90 Å². The smallest absolute Gasteiger partial charge is 0.303 e. The van der Waals surface area contributed by atoms with Gasteiger partial charge in [-0.1, -0.05) is 61.9 Å². The van der Waals surface area contributed by atoms with Crippen molar-refractivity contribution in [1.29, 1.82) is 0 Å². The molecule has 0 unspecified atom stereocenters. The monoisotopic (exact) mass is 603 g/mol. The van der Waals surface area contributed by atoms with Crippen molar-refractivity contribution in [3.05, 3.63) is 101 Å². The van der Waals surface area contributed by atoms with Crippen molar-refractivity contribution < 1.29 is 27.4 Å². The molecular weight excluding hydrogens is 560 g/mol. The number of benzene rings is 2. The number of aliphatic carboxylic acids is 1. The van der Waals surface area contributed by atoms with Crippen molar-refractivity contribution in [3.63, 3.8) is 0 Å². The van der Waals surface area contributed by atoms with Crippen molar-refractivity contribution in [2.75, 3.05) is 18.0 Å². The number of anilines is 1. The summed E-state index contributed by atoms with van der Waals surface area (Å²) in [6.45, 7) is 14.4. The molecule has 0 saturated heterocycles. The Morgan fingerprint density at radius 2 is 1.63 bits per heavy atom. The Balaban J connectivity index is 1.56. The number of hydrogen-bond acceptors (Lipinski definition) is 4. The Hall–Kier alpha value is -3.75. The summed E-state index contributed by atoms with van der Waals surface area (Å²) in [5, 5.41) is 9.04. The first-order valence-corrected chi connectivity index (χ1v) is 16.2. The lowest BCUT2D eigenvalue weighted by atomic mass is 9.81. The van der Waals surface area contributed by atoms with Crippen LogP contribution in [-0.4, -0.2) is 47.4 Å². The number of fused-ring (bicyclic) bond motifs is 2. The molecule has 4 rings (SSSR count). The quantitative estimate of drug-likeness (QED) is 0.122. The van der Waals surface area contributed by atoms with Gasteiger partial charge in [-0.25, -0.2) is 0 Å². The zero-order valence-electron chi connectivity index (χ0n) is 26.0. The number of unbranched alkanes of at least 4 members (excludes halogenated alkanes) is 1. The van der Waals surface area contributed by atoms with E-state index in [0.29, 0.717) is 19.4 Å². The SMILES string of the molecule is CCN1C(=CC=CC=CC=CC2=[N+](CCCCC(=O)O)c3ccc(S(=O)(=O)O)cc3C2(C)C)C(C)(C)c2cc(C)ccc21. The van der Waals surface area contributed by atoms with Gasteiger partial charge in [-0.3, -0.25) is 9.35 Å². The maximum Gasteiger partial charge on any atom is 0.303 e. The summed E-state index contributed by atoms with van der Waals surface area (Å²) in [7, 11) is -4.34. The van der Waals surface area contributed by atoms with Gasteiger partial charge in [0.05, 0.1) is 10.3 Å². The van der Waals surface area contributed by atoms with Gasteiger partial charge in [0.15, 0.2) is 5.71 Å². The molecular formula is C35H43N2O5S+. The molecule has 0 radical (unpaired) electrons. The van der Waals surface area contributed by atoms with Crippen LogP contribution in [0.5, 0.6) is 0 Å². The number of nitrogens with zero attached hydrogens (tertiary/aromatic N) is 2. The van der Waals surface area contributed by atoms with E-state index in [2.05, 4.69) is 67.5 Å². The van der Waals surface area contributed by atoms with Crippen molar-refractivity contribution in [2.45, 2.75) is 76.5 Å². The van der Waals surface area contributed by atoms with Crippen LogP contribution in [0.3, 0.4) is 0 Å². The standard InChI is InChI=1S/C35H42N2O5S/c1-7-36-29-20-18-25(2)23-27(29)34(3,4)31(36)15-11-9-8-10-12-16-32-35(5,6)28-24-26(43(40,41)42)19-21-30(28)37(32)22-14-13-17-33(38)39/h8-12,15-16,18-21,23-24H,7,13-14,17,22H2,1-6H3,(H-,38,39,40,41,42)/p+1. The van der Waals surface area contributed by atoms with E-state index in [1.165, 1.54) is 34.6 Å². The number of carbonyl (C=O) groups is 1. The molecule has 2 heterocycles. The fourth-order valence-electron chi connectivity index (χ4n) is 6.22. The molecule has 0 aromatic heterocycles. The molecule has 2 aromatic rings. The van der Waals surface area contributed by atoms with Crippen molar-refractivity contribution >= 4 is 33.2 Å². The maximum absolute atomic E-state index is 11.8. The number of carboxylic acid groups (broad SMARTS) is 1. The number of likely N-dealkylation sites (N-methyl/N-ethyl adjacent to an activating group) is 1. The second-order valence-electron chi connectivity index (χ2n) is 12.2. The number of allylic oxidation sites excluding steroid dienone is 8. The zero-order chi connectivity index (χ0) is 31.6. The van der Waals surface area contributed by atoms with E-state index < -0.39 is 21.5 Å². The Labute approximate surface area is 256 Å². The Kier molecular flexibility index (Phi) is 9.33. The van der Waals surface area contributed by atoms with E-state index in [1.54, 1.807) is 6.07 Å². The second kappa shape index (κ2) is 12.5. The molecule has 8 heteroatoms. The van der Waals surface area contributed by atoms with Gasteiger partial charge >= 0.3 is 5.97 Å². The highest BCUT2D eigenvalue weighted by molar-refractivity contribution is 7.85. The molecule has 2 aliphatic rings. The summed E-state index contributed by atoms with van der Waals surface area (Å²) >= 11 is 0. The van der Waals surface area contributed by atoms with Gasteiger partial charge in [0, 0.05) is 53.9 Å². The van der Waals surface area contributed by atoms with E-state index in [9.17, 15) is 17.8 Å². The molecule has 43 heavy (non-hydrogen) atoms. The number of carboxylic acids is 1. The van der Waals surface area contributed by atoms with Gasteiger partial charge in [-0.05, 0) is 64.0 Å². The lowest BCUT2D eigenvalue weighted by Gasteiger charge is -2.25. The lowest BCUT2D eigenvalue weighted by Crippen LogP contribution is -2.28. The normalized spacial score (nSPS) is 18.5. The fraction of sp³-hybridized carbons (Fsp3) is 0.371. The summed E-state index contributed by atoms with van der Waals surface area (Å²) in [6.07, 6.45) is 15.5. The minimum atomic E-state index is -4.34. The maximum atomic E-state index is 11.8. The molecule has 0 amide bonds. The molecule has 0 saturated carbocycles. The Morgan fingerprint density at radius 3 is 2.30 bits per heavy atom. The first-order chi connectivity index (χ1) is 20.2. The first kappa shape index (κ1) is 32.2. The summed E-state index contributed by atoms with van der Waals surface area (Å²) in [5.74, 6) is -0.823. The van der Waals surface area contributed by atoms with Gasteiger partial charge in [-0.2, -0.15) is 13.0 Å². The summed E-state index contributed by atoms with van der Waals surface area (Å²) in [5.41, 5.74) is 7.15. The number of rotatable bonds is 11. The average molecular weight is 604 g/mol. The largest absolute Gasteiger partial charge is 0.481 e.